The van der Waals surface area contributed by atoms with Gasteiger partial charge >= 0.3 is 0 Å². The molecule has 0 aliphatic heterocycles. The highest BCUT2D eigenvalue weighted by atomic mass is 15.0. The highest BCUT2D eigenvalue weighted by Gasteiger charge is 2.21. The summed E-state index contributed by atoms with van der Waals surface area (Å²) in [5.74, 6) is 1.73. The van der Waals surface area contributed by atoms with Gasteiger partial charge in [0.1, 0.15) is 20.3 Å². The van der Waals surface area contributed by atoms with Crippen molar-refractivity contribution < 1.29 is 4.58 Å². The second kappa shape index (κ2) is 6.46. The summed E-state index contributed by atoms with van der Waals surface area (Å²) in [7, 11) is 4.20. The van der Waals surface area contributed by atoms with Crippen LogP contribution in [0.25, 0.3) is 0 Å². The van der Waals surface area contributed by atoms with E-state index >= 15 is 0 Å². The lowest BCUT2D eigenvalue weighted by molar-refractivity contribution is -0.462. The van der Waals surface area contributed by atoms with Crippen LogP contribution < -0.4 is 5.32 Å². The number of amidine groups is 1. The largest absolute Gasteiger partial charge is 0.351 e. The maximum atomic E-state index is 4.65. The molecule has 1 aliphatic rings. The summed E-state index contributed by atoms with van der Waals surface area (Å²) in [6.07, 6.45) is 8.93. The zero-order valence-electron chi connectivity index (χ0n) is 10.7. The third-order valence-electron chi connectivity index (χ3n) is 2.94. The molecule has 1 rings (SSSR count). The zero-order chi connectivity index (χ0) is 12.0. The molecule has 0 heterocycles. The smallest absolute Gasteiger partial charge is 0.142 e. The van der Waals surface area contributed by atoms with E-state index in [1.807, 2.05) is 6.92 Å². The van der Waals surface area contributed by atoms with Crippen molar-refractivity contribution in [1.82, 2.24) is 5.32 Å². The minimum atomic E-state index is 0.499. The highest BCUT2D eigenvalue weighted by molar-refractivity contribution is 5.80. The molecule has 0 unspecified atom stereocenters. The predicted octanol–water partition coefficient (Wildman–Crippen LogP) is 2.04. The van der Waals surface area contributed by atoms with Crippen LogP contribution in [0.4, 0.5) is 0 Å². The normalized spacial score (nSPS) is 26.1. The fourth-order valence-electron chi connectivity index (χ4n) is 2.26. The summed E-state index contributed by atoms with van der Waals surface area (Å²) in [4.78, 5) is 4.65. The molecule has 1 N–H and O–H groups in total. The number of rotatable bonds is 3. The molecule has 0 aromatic rings. The van der Waals surface area contributed by atoms with Crippen LogP contribution in [-0.2, 0) is 0 Å². The van der Waals surface area contributed by atoms with Crippen LogP contribution in [0.3, 0.4) is 0 Å². The second-order valence-electron chi connectivity index (χ2n) is 4.74. The lowest BCUT2D eigenvalue weighted by Gasteiger charge is -2.22. The molecule has 1 saturated carbocycles. The molecule has 0 atom stereocenters. The van der Waals surface area contributed by atoms with E-state index in [1.54, 1.807) is 6.20 Å². The van der Waals surface area contributed by atoms with Crippen LogP contribution in [0.15, 0.2) is 17.8 Å². The third-order valence-corrected chi connectivity index (χ3v) is 2.94. The quantitative estimate of drug-likeness (QED) is 0.442. The Morgan fingerprint density at radius 1 is 1.31 bits per heavy atom. The Labute approximate surface area is 99.0 Å². The van der Waals surface area contributed by atoms with Crippen molar-refractivity contribution in [2.24, 2.45) is 10.9 Å². The average molecular weight is 222 g/mol. The van der Waals surface area contributed by atoms with E-state index in [0.717, 1.165) is 11.8 Å². The van der Waals surface area contributed by atoms with Gasteiger partial charge in [-0.15, -0.1) is 0 Å². The molecule has 0 aromatic carbocycles. The van der Waals surface area contributed by atoms with Crippen molar-refractivity contribution in [3.8, 4) is 0 Å². The molecule has 1 fully saturated rings. The molecule has 0 bridgehead atoms. The van der Waals surface area contributed by atoms with Gasteiger partial charge < -0.3 is 5.32 Å². The Kier molecular flexibility index (Phi) is 5.23. The van der Waals surface area contributed by atoms with Gasteiger partial charge in [0.25, 0.3) is 0 Å². The lowest BCUT2D eigenvalue weighted by Crippen LogP contribution is -2.23. The van der Waals surface area contributed by atoms with E-state index in [2.05, 4.69) is 41.8 Å². The standard InChI is InChI=1S/C13H24N3/c1-5-14-11(2)15-13-8-6-12(7-9-13)10-16(3)4/h5,10,12-13H,1,6-9H2,2-4H3,(H,14,15)/q+1. The number of nitrogens with one attached hydrogen (secondary N) is 1. The Morgan fingerprint density at radius 3 is 2.44 bits per heavy atom. The first-order valence-electron chi connectivity index (χ1n) is 6.05. The van der Waals surface area contributed by atoms with Gasteiger partial charge in [0.2, 0.25) is 0 Å². The number of hydrogen-bond donors (Lipinski definition) is 1. The van der Waals surface area contributed by atoms with Crippen molar-refractivity contribution >= 4 is 12.1 Å². The minimum absolute atomic E-state index is 0.499. The van der Waals surface area contributed by atoms with E-state index in [4.69, 9.17) is 0 Å². The Hall–Kier alpha value is -1.12. The maximum absolute atomic E-state index is 4.65. The van der Waals surface area contributed by atoms with Gasteiger partial charge in [-0.05, 0) is 38.8 Å². The fraction of sp³-hybridized carbons (Fsp3) is 0.692. The molecule has 16 heavy (non-hydrogen) atoms. The van der Waals surface area contributed by atoms with Gasteiger partial charge in [0, 0.05) is 5.92 Å². The second-order valence-corrected chi connectivity index (χ2v) is 4.74. The molecular formula is C13H24N3+. The minimum Gasteiger partial charge on any atom is -0.351 e. The van der Waals surface area contributed by atoms with Gasteiger partial charge in [-0.3, -0.25) is 4.99 Å². The first-order chi connectivity index (χ1) is 7.61. The molecular weight excluding hydrogens is 198 g/mol. The SMILES string of the molecule is C=CNC(C)=NC1CCC(C=[N+](C)C)CC1. The van der Waals surface area contributed by atoms with Crippen molar-refractivity contribution in [1.29, 1.82) is 0 Å². The Balaban J connectivity index is 2.40. The van der Waals surface area contributed by atoms with E-state index in [0.29, 0.717) is 6.04 Å². The molecule has 0 radical (unpaired) electrons. The first-order valence-corrected chi connectivity index (χ1v) is 6.05. The Morgan fingerprint density at radius 2 is 1.94 bits per heavy atom. The van der Waals surface area contributed by atoms with E-state index < -0.39 is 0 Å². The molecule has 0 spiro atoms. The zero-order valence-corrected chi connectivity index (χ0v) is 10.7. The Bertz CT molecular complexity index is 280. The topological polar surface area (TPSA) is 27.4 Å². The average Bonchev–Trinajstić information content (AvgIpc) is 2.20. The summed E-state index contributed by atoms with van der Waals surface area (Å²) in [5.41, 5.74) is 0. The van der Waals surface area contributed by atoms with Crippen LogP contribution in [0.5, 0.6) is 0 Å². The first kappa shape index (κ1) is 12.9. The van der Waals surface area contributed by atoms with Gasteiger partial charge in [0.15, 0.2) is 0 Å². The van der Waals surface area contributed by atoms with Crippen molar-refractivity contribution in [2.45, 2.75) is 38.6 Å². The van der Waals surface area contributed by atoms with Crippen LogP contribution in [0, 0.1) is 5.92 Å². The van der Waals surface area contributed by atoms with E-state index in [9.17, 15) is 0 Å². The number of aliphatic imine (C=N–C) groups is 1. The molecule has 0 amide bonds. The summed E-state index contributed by atoms with van der Waals surface area (Å²) in [5, 5.41) is 3.03. The van der Waals surface area contributed by atoms with Gasteiger partial charge in [-0.25, -0.2) is 4.58 Å². The number of nitrogens with zero attached hydrogens (tertiary/aromatic N) is 2. The molecule has 3 heteroatoms. The summed E-state index contributed by atoms with van der Waals surface area (Å²) < 4.78 is 2.17. The van der Waals surface area contributed by atoms with Crippen molar-refractivity contribution in [3.05, 3.63) is 12.8 Å². The van der Waals surface area contributed by atoms with Crippen molar-refractivity contribution in [2.75, 3.05) is 14.1 Å². The molecule has 0 aromatic heterocycles. The van der Waals surface area contributed by atoms with E-state index in [-0.39, 0.29) is 0 Å². The summed E-state index contributed by atoms with van der Waals surface area (Å²) in [6, 6.07) is 0.499. The molecule has 3 nitrogen and oxygen atoms in total. The van der Waals surface area contributed by atoms with Gasteiger partial charge in [0.05, 0.1) is 11.9 Å². The molecule has 1 aliphatic carbocycles. The lowest BCUT2D eigenvalue weighted by atomic mass is 9.87. The monoisotopic (exact) mass is 222 g/mol. The maximum Gasteiger partial charge on any atom is 0.142 e. The molecule has 90 valence electrons. The predicted molar refractivity (Wildman–Crippen MR) is 70.4 cm³/mol. The van der Waals surface area contributed by atoms with Crippen molar-refractivity contribution in [3.63, 3.8) is 0 Å². The summed E-state index contributed by atoms with van der Waals surface area (Å²) >= 11 is 0. The van der Waals surface area contributed by atoms with Crippen LogP contribution >= 0.6 is 0 Å². The van der Waals surface area contributed by atoms with Gasteiger partial charge in [-0.1, -0.05) is 6.58 Å². The molecule has 0 saturated heterocycles. The van der Waals surface area contributed by atoms with Gasteiger partial charge in [-0.2, -0.15) is 0 Å². The highest BCUT2D eigenvalue weighted by Crippen LogP contribution is 2.24. The van der Waals surface area contributed by atoms with Crippen LogP contribution in [0.2, 0.25) is 0 Å². The van der Waals surface area contributed by atoms with Crippen LogP contribution in [0.1, 0.15) is 32.6 Å². The fourth-order valence-corrected chi connectivity index (χ4v) is 2.26. The summed E-state index contributed by atoms with van der Waals surface area (Å²) in [6.45, 7) is 5.64. The third kappa shape index (κ3) is 4.60. The van der Waals surface area contributed by atoms with E-state index in [1.165, 1.54) is 25.7 Å². The number of hydrogen-bond acceptors (Lipinski definition) is 1. The van der Waals surface area contributed by atoms with Crippen LogP contribution in [-0.4, -0.2) is 36.8 Å².